The maximum atomic E-state index is 13.8. The Morgan fingerprint density at radius 2 is 1.94 bits per heavy atom. The van der Waals surface area contributed by atoms with E-state index in [0.29, 0.717) is 18.5 Å². The van der Waals surface area contributed by atoms with E-state index in [1.165, 1.54) is 13.2 Å². The Morgan fingerprint density at radius 3 is 2.68 bits per heavy atom. The van der Waals surface area contributed by atoms with Crippen molar-refractivity contribution in [2.24, 2.45) is 0 Å². The second-order valence-electron chi connectivity index (χ2n) is 8.87. The van der Waals surface area contributed by atoms with Gasteiger partial charge in [0.25, 0.3) is 0 Å². The molecule has 3 aromatic carbocycles. The Bertz CT molecular complexity index is 1210. The van der Waals surface area contributed by atoms with Crippen LogP contribution in [0.1, 0.15) is 63.5 Å². The smallest absolute Gasteiger partial charge is 0.336 e. The summed E-state index contributed by atoms with van der Waals surface area (Å²) in [6.45, 7) is 6.32. The van der Waals surface area contributed by atoms with Crippen LogP contribution in [0, 0.1) is 19.7 Å². The van der Waals surface area contributed by atoms with Gasteiger partial charge in [0.05, 0.1) is 12.7 Å². The van der Waals surface area contributed by atoms with Crippen molar-refractivity contribution in [1.82, 2.24) is 5.32 Å². The number of aromatic carboxylic acids is 1. The molecule has 178 valence electrons. The van der Waals surface area contributed by atoms with Gasteiger partial charge in [-0.05, 0) is 67.6 Å². The first-order valence-corrected chi connectivity index (χ1v) is 11.5. The zero-order chi connectivity index (χ0) is 24.4. The maximum Gasteiger partial charge on any atom is 0.336 e. The molecule has 3 aromatic rings. The van der Waals surface area contributed by atoms with Crippen molar-refractivity contribution in [1.29, 1.82) is 0 Å². The molecule has 0 radical (unpaired) electrons. The number of para-hydroxylation sites is 1. The summed E-state index contributed by atoms with van der Waals surface area (Å²) in [6.07, 6.45) is 0.602. The van der Waals surface area contributed by atoms with Gasteiger partial charge < -0.3 is 19.9 Å². The largest absolute Gasteiger partial charge is 0.494 e. The molecule has 0 saturated heterocycles. The van der Waals surface area contributed by atoms with Gasteiger partial charge >= 0.3 is 5.97 Å². The van der Waals surface area contributed by atoms with E-state index in [1.54, 1.807) is 12.1 Å². The summed E-state index contributed by atoms with van der Waals surface area (Å²) in [7, 11) is 1.45. The summed E-state index contributed by atoms with van der Waals surface area (Å²) in [6, 6.07) is 16.7. The average Bonchev–Trinajstić information content (AvgIpc) is 2.82. The third-order valence-electron chi connectivity index (χ3n) is 6.72. The van der Waals surface area contributed by atoms with Crippen LogP contribution in [0.4, 0.5) is 4.39 Å². The third kappa shape index (κ3) is 4.64. The molecule has 4 rings (SSSR count). The van der Waals surface area contributed by atoms with Crippen molar-refractivity contribution in [3.63, 3.8) is 0 Å². The Hall–Kier alpha value is -3.38. The molecule has 1 heterocycles. The Balaban J connectivity index is 1.58. The molecule has 0 aromatic heterocycles. The lowest BCUT2D eigenvalue weighted by Crippen LogP contribution is -2.37. The number of benzene rings is 3. The average molecular weight is 464 g/mol. The van der Waals surface area contributed by atoms with E-state index in [0.717, 1.165) is 33.6 Å². The lowest BCUT2D eigenvalue weighted by Gasteiger charge is -2.34. The second kappa shape index (κ2) is 9.85. The van der Waals surface area contributed by atoms with Crippen LogP contribution in [0.25, 0.3) is 0 Å². The molecule has 0 spiro atoms. The van der Waals surface area contributed by atoms with Gasteiger partial charge in [-0.2, -0.15) is 0 Å². The van der Waals surface area contributed by atoms with Gasteiger partial charge in [0.1, 0.15) is 11.9 Å². The number of halogens is 1. The minimum atomic E-state index is -0.904. The highest BCUT2D eigenvalue weighted by molar-refractivity contribution is 5.91. The van der Waals surface area contributed by atoms with Gasteiger partial charge in [-0.3, -0.25) is 0 Å². The van der Waals surface area contributed by atoms with Crippen molar-refractivity contribution in [2.45, 2.75) is 45.3 Å². The summed E-state index contributed by atoms with van der Waals surface area (Å²) in [5.41, 5.74) is 4.93. The molecule has 0 aliphatic carbocycles. The zero-order valence-electron chi connectivity index (χ0n) is 19.9. The Kier molecular flexibility index (Phi) is 6.89. The molecule has 6 heteroatoms. The number of carboxylic acid groups (broad SMARTS) is 1. The summed E-state index contributed by atoms with van der Waals surface area (Å²) >= 11 is 0. The van der Waals surface area contributed by atoms with E-state index in [9.17, 15) is 14.3 Å². The van der Waals surface area contributed by atoms with Crippen molar-refractivity contribution >= 4 is 5.97 Å². The number of hydrogen-bond donors (Lipinski definition) is 2. The van der Waals surface area contributed by atoms with Gasteiger partial charge in [0.15, 0.2) is 11.6 Å². The van der Waals surface area contributed by atoms with Crippen molar-refractivity contribution in [3.8, 4) is 11.5 Å². The third-order valence-corrected chi connectivity index (χ3v) is 6.72. The number of ether oxygens (including phenoxy) is 2. The first kappa shape index (κ1) is 23.8. The van der Waals surface area contributed by atoms with E-state index < -0.39 is 5.97 Å². The molecule has 2 N–H and O–H groups in total. The van der Waals surface area contributed by atoms with Crippen molar-refractivity contribution in [2.75, 3.05) is 13.7 Å². The highest BCUT2D eigenvalue weighted by Crippen LogP contribution is 2.42. The van der Waals surface area contributed by atoms with Gasteiger partial charge in [-0.15, -0.1) is 0 Å². The first-order chi connectivity index (χ1) is 16.3. The van der Waals surface area contributed by atoms with E-state index in [2.05, 4.69) is 11.4 Å². The van der Waals surface area contributed by atoms with Gasteiger partial charge in [-0.25, -0.2) is 9.18 Å². The lowest BCUT2D eigenvalue weighted by molar-refractivity contribution is 0.0695. The zero-order valence-corrected chi connectivity index (χ0v) is 19.9. The fourth-order valence-electron chi connectivity index (χ4n) is 4.85. The topological polar surface area (TPSA) is 67.8 Å². The number of fused-ring (bicyclic) bond motifs is 1. The number of methoxy groups -OCH3 is 1. The van der Waals surface area contributed by atoms with Gasteiger partial charge in [0, 0.05) is 24.1 Å². The van der Waals surface area contributed by atoms with Crippen LogP contribution in [-0.2, 0) is 0 Å². The van der Waals surface area contributed by atoms with Crippen molar-refractivity contribution in [3.05, 3.63) is 93.8 Å². The molecule has 0 fully saturated rings. The van der Waals surface area contributed by atoms with Crippen LogP contribution in [0.2, 0.25) is 0 Å². The van der Waals surface area contributed by atoms with E-state index in [-0.39, 0.29) is 29.6 Å². The van der Waals surface area contributed by atoms with Crippen LogP contribution >= 0.6 is 0 Å². The predicted molar refractivity (Wildman–Crippen MR) is 130 cm³/mol. The molecule has 1 aliphatic rings. The molecule has 3 atom stereocenters. The van der Waals surface area contributed by atoms with Crippen LogP contribution in [0.15, 0.2) is 54.6 Å². The minimum absolute atomic E-state index is 0.0247. The quantitative estimate of drug-likeness (QED) is 0.465. The number of carboxylic acids is 1. The summed E-state index contributed by atoms with van der Waals surface area (Å²) in [4.78, 5) is 11.9. The standard InChI is InChI=1S/C28H30FNO4/c1-16-9-11-21(17(2)27(16)28(31)32)23-14-20(34-25-8-6-5-7-22(23)25)15-30-18(3)19-10-12-24(29)26(13-19)33-4/h5-13,18,20,23,30H,14-15H2,1-4H3,(H,31,32). The summed E-state index contributed by atoms with van der Waals surface area (Å²) in [5, 5.41) is 13.3. The van der Waals surface area contributed by atoms with Gasteiger partial charge in [-0.1, -0.05) is 36.4 Å². The SMILES string of the molecule is COc1cc(C(C)NCC2CC(c3ccc(C)c(C(=O)O)c3C)c3ccccc3O2)ccc1F. The van der Waals surface area contributed by atoms with Crippen LogP contribution in [0.3, 0.4) is 0 Å². The van der Waals surface area contributed by atoms with E-state index in [4.69, 9.17) is 9.47 Å². The molecule has 0 amide bonds. The normalized spacial score (nSPS) is 18.0. The molecule has 3 unspecified atom stereocenters. The van der Waals surface area contributed by atoms with Crippen LogP contribution < -0.4 is 14.8 Å². The van der Waals surface area contributed by atoms with Crippen LogP contribution in [-0.4, -0.2) is 30.8 Å². The number of rotatable bonds is 7. The molecule has 1 aliphatic heterocycles. The molecule has 34 heavy (non-hydrogen) atoms. The number of aryl methyl sites for hydroxylation is 1. The van der Waals surface area contributed by atoms with E-state index >= 15 is 0 Å². The molecular formula is C28H30FNO4. The summed E-state index contributed by atoms with van der Waals surface area (Å²) < 4.78 is 25.2. The highest BCUT2D eigenvalue weighted by Gasteiger charge is 2.31. The van der Waals surface area contributed by atoms with Crippen LogP contribution in [0.5, 0.6) is 11.5 Å². The Labute approximate surface area is 199 Å². The molecule has 0 bridgehead atoms. The Morgan fingerprint density at radius 1 is 1.18 bits per heavy atom. The fraction of sp³-hybridized carbons (Fsp3) is 0.321. The molecular weight excluding hydrogens is 433 g/mol. The molecule has 5 nitrogen and oxygen atoms in total. The monoisotopic (exact) mass is 463 g/mol. The maximum absolute atomic E-state index is 13.8. The van der Waals surface area contributed by atoms with Gasteiger partial charge in [0.2, 0.25) is 0 Å². The highest BCUT2D eigenvalue weighted by atomic mass is 19.1. The predicted octanol–water partition coefficient (Wildman–Crippen LogP) is 5.78. The molecule has 0 saturated carbocycles. The number of carbonyl (C=O) groups is 1. The van der Waals surface area contributed by atoms with Crippen molar-refractivity contribution < 1.29 is 23.8 Å². The lowest BCUT2D eigenvalue weighted by atomic mass is 9.80. The van der Waals surface area contributed by atoms with E-state index in [1.807, 2.05) is 51.1 Å². The number of hydrogen-bond acceptors (Lipinski definition) is 4. The minimum Gasteiger partial charge on any atom is -0.494 e. The fourth-order valence-corrected chi connectivity index (χ4v) is 4.85. The first-order valence-electron chi connectivity index (χ1n) is 11.5. The second-order valence-corrected chi connectivity index (χ2v) is 8.87. The summed E-state index contributed by atoms with van der Waals surface area (Å²) in [5.74, 6) is -0.227. The number of nitrogens with one attached hydrogen (secondary N) is 1.